The van der Waals surface area contributed by atoms with Crippen LogP contribution in [0.1, 0.15) is 68.1 Å². The summed E-state index contributed by atoms with van der Waals surface area (Å²) in [6.07, 6.45) is 10.9. The Bertz CT molecular complexity index is 1360. The zero-order valence-corrected chi connectivity index (χ0v) is 26.7. The standard InChI is InChI=1S/C37H49N5O3/c1-2-9-28-10-8-11-29(24-28)25-31(36(44)41-22-14-32(15-23-41)39-18-6-3-7-19-39)26-35(43)40-20-16-33(17-21-40)42-27-30-12-4-5-13-34(30)38-37(42)45/h2,4-5,8,10-13,24,31-33H,1,3,6-7,9,14-23,25-27H2,(H,38,45)/t31-/m1/s1. The number of likely N-dealkylation sites (tertiary alicyclic amines) is 3. The van der Waals surface area contributed by atoms with Gasteiger partial charge >= 0.3 is 6.03 Å². The topological polar surface area (TPSA) is 76.2 Å². The Labute approximate surface area is 268 Å². The molecule has 3 fully saturated rings. The summed E-state index contributed by atoms with van der Waals surface area (Å²) in [5.74, 6) is -0.219. The number of benzene rings is 2. The number of carbonyl (C=O) groups excluding carboxylic acids is 3. The number of anilines is 1. The van der Waals surface area contributed by atoms with Crippen molar-refractivity contribution in [3.63, 3.8) is 0 Å². The SMILES string of the molecule is C=CCc1cccc(C[C@H](CC(=O)N2CCC(N3Cc4ccccc4NC3=O)CC2)C(=O)N2CCC(N3CCCCC3)CC2)c1. The summed E-state index contributed by atoms with van der Waals surface area (Å²) in [7, 11) is 0. The van der Waals surface area contributed by atoms with Gasteiger partial charge < -0.3 is 24.9 Å². The quantitative estimate of drug-likeness (QED) is 0.381. The minimum Gasteiger partial charge on any atom is -0.343 e. The molecule has 2 aromatic carbocycles. The van der Waals surface area contributed by atoms with Gasteiger partial charge in [0, 0.05) is 56.9 Å². The van der Waals surface area contributed by atoms with E-state index < -0.39 is 0 Å². The van der Waals surface area contributed by atoms with Crippen LogP contribution in [-0.4, -0.2) is 88.8 Å². The second-order valence-electron chi connectivity index (χ2n) is 13.4. The molecule has 8 nitrogen and oxygen atoms in total. The summed E-state index contributed by atoms with van der Waals surface area (Å²) >= 11 is 0. The third-order valence-corrected chi connectivity index (χ3v) is 10.4. The molecule has 4 aliphatic rings. The fourth-order valence-corrected chi connectivity index (χ4v) is 7.86. The molecule has 0 aromatic heterocycles. The molecule has 0 spiro atoms. The van der Waals surface area contributed by atoms with Gasteiger partial charge in [-0.1, -0.05) is 55.0 Å². The van der Waals surface area contributed by atoms with Gasteiger partial charge in [-0.25, -0.2) is 4.79 Å². The monoisotopic (exact) mass is 611 g/mol. The number of hydrogen-bond donors (Lipinski definition) is 1. The summed E-state index contributed by atoms with van der Waals surface area (Å²) in [5.41, 5.74) is 4.27. The summed E-state index contributed by atoms with van der Waals surface area (Å²) in [6.45, 7) is 9.59. The first-order valence-corrected chi connectivity index (χ1v) is 17.1. The highest BCUT2D eigenvalue weighted by Gasteiger charge is 2.36. The second kappa shape index (κ2) is 14.6. The van der Waals surface area contributed by atoms with Crippen molar-refractivity contribution in [1.82, 2.24) is 19.6 Å². The van der Waals surface area contributed by atoms with Crippen molar-refractivity contribution in [2.45, 2.75) is 82.8 Å². The van der Waals surface area contributed by atoms with Gasteiger partial charge in [-0.15, -0.1) is 6.58 Å². The van der Waals surface area contributed by atoms with E-state index in [0.717, 1.165) is 62.0 Å². The van der Waals surface area contributed by atoms with Crippen LogP contribution >= 0.6 is 0 Å². The number of amides is 4. The molecule has 0 aliphatic carbocycles. The average molecular weight is 612 g/mol. The van der Waals surface area contributed by atoms with Crippen LogP contribution in [0.25, 0.3) is 0 Å². The number of allylic oxidation sites excluding steroid dienone is 1. The summed E-state index contributed by atoms with van der Waals surface area (Å²) in [6, 6.07) is 16.9. The van der Waals surface area contributed by atoms with Crippen LogP contribution in [-0.2, 0) is 29.0 Å². The van der Waals surface area contributed by atoms with Gasteiger partial charge in [-0.2, -0.15) is 0 Å². The molecule has 0 saturated carbocycles. The molecule has 0 radical (unpaired) electrons. The predicted molar refractivity (Wildman–Crippen MR) is 178 cm³/mol. The largest absolute Gasteiger partial charge is 0.343 e. The molecule has 240 valence electrons. The Morgan fingerprint density at radius 1 is 0.844 bits per heavy atom. The van der Waals surface area contributed by atoms with Gasteiger partial charge in [-0.3, -0.25) is 9.59 Å². The van der Waals surface area contributed by atoms with Crippen molar-refractivity contribution < 1.29 is 14.4 Å². The Kier molecular flexibility index (Phi) is 10.2. The average Bonchev–Trinajstić information content (AvgIpc) is 3.08. The van der Waals surface area contributed by atoms with Gasteiger partial charge in [0.2, 0.25) is 11.8 Å². The lowest BCUT2D eigenvalue weighted by atomic mass is 9.91. The second-order valence-corrected chi connectivity index (χ2v) is 13.4. The predicted octanol–water partition coefficient (Wildman–Crippen LogP) is 5.48. The zero-order valence-electron chi connectivity index (χ0n) is 26.7. The molecule has 0 bridgehead atoms. The zero-order chi connectivity index (χ0) is 31.2. The summed E-state index contributed by atoms with van der Waals surface area (Å²) < 4.78 is 0. The van der Waals surface area contributed by atoms with Crippen LogP contribution in [0.4, 0.5) is 10.5 Å². The molecule has 2 aromatic rings. The van der Waals surface area contributed by atoms with E-state index in [0.29, 0.717) is 32.1 Å². The molecule has 45 heavy (non-hydrogen) atoms. The van der Waals surface area contributed by atoms with Crippen LogP contribution in [0.15, 0.2) is 61.2 Å². The molecule has 4 heterocycles. The lowest BCUT2D eigenvalue weighted by molar-refractivity contribution is -0.143. The third kappa shape index (κ3) is 7.60. The maximum Gasteiger partial charge on any atom is 0.322 e. The Morgan fingerprint density at radius 2 is 1.53 bits per heavy atom. The number of nitrogens with one attached hydrogen (secondary N) is 1. The number of piperidine rings is 3. The minimum atomic E-state index is -0.384. The highest BCUT2D eigenvalue weighted by atomic mass is 16.2. The van der Waals surface area contributed by atoms with E-state index in [2.05, 4.69) is 41.1 Å². The molecule has 4 amide bonds. The van der Waals surface area contributed by atoms with E-state index >= 15 is 0 Å². The number of rotatable bonds is 9. The molecule has 0 unspecified atom stereocenters. The Balaban J connectivity index is 1.08. The first-order valence-electron chi connectivity index (χ1n) is 17.1. The highest BCUT2D eigenvalue weighted by molar-refractivity contribution is 5.92. The van der Waals surface area contributed by atoms with Crippen molar-refractivity contribution >= 4 is 23.5 Å². The number of fused-ring (bicyclic) bond motifs is 1. The Morgan fingerprint density at radius 3 is 2.29 bits per heavy atom. The van der Waals surface area contributed by atoms with Gasteiger partial charge in [-0.05, 0) is 87.2 Å². The molecule has 3 saturated heterocycles. The summed E-state index contributed by atoms with van der Waals surface area (Å²) in [4.78, 5) is 49.2. The lowest BCUT2D eigenvalue weighted by Crippen LogP contribution is -2.52. The van der Waals surface area contributed by atoms with E-state index in [-0.39, 0.29) is 36.2 Å². The van der Waals surface area contributed by atoms with Crippen LogP contribution in [0, 0.1) is 5.92 Å². The molecular weight excluding hydrogens is 562 g/mol. The first-order chi connectivity index (χ1) is 22.0. The van der Waals surface area contributed by atoms with Gasteiger partial charge in [0.1, 0.15) is 0 Å². The van der Waals surface area contributed by atoms with Crippen molar-refractivity contribution in [3.05, 3.63) is 77.9 Å². The molecule has 8 heteroatoms. The van der Waals surface area contributed by atoms with Gasteiger partial charge in [0.25, 0.3) is 0 Å². The number of hydrogen-bond acceptors (Lipinski definition) is 4. The fourth-order valence-electron chi connectivity index (χ4n) is 7.86. The Hall–Kier alpha value is -3.65. The van der Waals surface area contributed by atoms with Crippen LogP contribution in [0.5, 0.6) is 0 Å². The highest BCUT2D eigenvalue weighted by Crippen LogP contribution is 2.29. The van der Waals surface area contributed by atoms with E-state index in [1.165, 1.54) is 37.9 Å². The first kappa shape index (κ1) is 31.3. The van der Waals surface area contributed by atoms with Crippen LogP contribution < -0.4 is 5.32 Å². The maximum atomic E-state index is 14.1. The molecule has 4 aliphatic heterocycles. The smallest absolute Gasteiger partial charge is 0.322 e. The van der Waals surface area contributed by atoms with Crippen molar-refractivity contribution in [3.8, 4) is 0 Å². The lowest BCUT2D eigenvalue weighted by Gasteiger charge is -2.41. The number of para-hydroxylation sites is 1. The van der Waals surface area contributed by atoms with Gasteiger partial charge in [0.05, 0.1) is 5.92 Å². The maximum absolute atomic E-state index is 14.1. The minimum absolute atomic E-state index is 0.0469. The number of nitrogens with zero attached hydrogens (tertiary/aromatic N) is 4. The van der Waals surface area contributed by atoms with Crippen molar-refractivity contribution in [1.29, 1.82) is 0 Å². The number of urea groups is 1. The normalized spacial score (nSPS) is 20.8. The molecular formula is C37H49N5O3. The third-order valence-electron chi connectivity index (χ3n) is 10.4. The summed E-state index contributed by atoms with van der Waals surface area (Å²) in [5, 5.41) is 3.02. The van der Waals surface area contributed by atoms with Crippen LogP contribution in [0.3, 0.4) is 0 Å². The van der Waals surface area contributed by atoms with E-state index in [1.54, 1.807) is 0 Å². The van der Waals surface area contributed by atoms with Crippen molar-refractivity contribution in [2.75, 3.05) is 44.6 Å². The molecule has 1 atom stereocenters. The van der Waals surface area contributed by atoms with Crippen LogP contribution in [0.2, 0.25) is 0 Å². The van der Waals surface area contributed by atoms with E-state index in [9.17, 15) is 14.4 Å². The van der Waals surface area contributed by atoms with E-state index in [1.807, 2.05) is 45.0 Å². The van der Waals surface area contributed by atoms with E-state index in [4.69, 9.17) is 0 Å². The molecule has 1 N–H and O–H groups in total. The fraction of sp³-hybridized carbons (Fsp3) is 0.541. The number of carbonyl (C=O) groups is 3. The molecule has 6 rings (SSSR count). The van der Waals surface area contributed by atoms with Gasteiger partial charge in [0.15, 0.2) is 0 Å². The van der Waals surface area contributed by atoms with Crippen molar-refractivity contribution in [2.24, 2.45) is 5.92 Å².